The second-order valence-electron chi connectivity index (χ2n) is 5.25. The molecule has 0 aliphatic carbocycles. The van der Waals surface area contributed by atoms with Gasteiger partial charge in [0.1, 0.15) is 0 Å². The van der Waals surface area contributed by atoms with Crippen LogP contribution in [0.5, 0.6) is 0 Å². The summed E-state index contributed by atoms with van der Waals surface area (Å²) >= 11 is 0. The molecule has 1 fully saturated rings. The van der Waals surface area contributed by atoms with E-state index in [1.807, 2.05) is 0 Å². The number of likely N-dealkylation sites (tertiary alicyclic amines) is 1. The summed E-state index contributed by atoms with van der Waals surface area (Å²) in [7, 11) is 0. The zero-order valence-corrected chi connectivity index (χ0v) is 12.0. The molecule has 0 aromatic carbocycles. The van der Waals surface area contributed by atoms with Gasteiger partial charge in [-0.1, -0.05) is 13.8 Å². The van der Waals surface area contributed by atoms with Crippen molar-refractivity contribution in [2.45, 2.75) is 51.7 Å². The fourth-order valence-corrected chi connectivity index (χ4v) is 2.41. The van der Waals surface area contributed by atoms with Crippen LogP contribution in [0.3, 0.4) is 0 Å². The number of hydrogen-bond donors (Lipinski definition) is 2. The quantitative estimate of drug-likeness (QED) is 0.611. The van der Waals surface area contributed by atoms with Gasteiger partial charge in [-0.2, -0.15) is 0 Å². The maximum absolute atomic E-state index is 9.95. The van der Waals surface area contributed by atoms with Gasteiger partial charge < -0.3 is 15.2 Å². The second kappa shape index (κ2) is 9.73. The lowest BCUT2D eigenvalue weighted by atomic mass is 10.1. The van der Waals surface area contributed by atoms with E-state index in [9.17, 15) is 5.11 Å². The van der Waals surface area contributed by atoms with Crippen molar-refractivity contribution in [2.24, 2.45) is 0 Å². The first-order valence-corrected chi connectivity index (χ1v) is 7.49. The maximum atomic E-state index is 9.95. The van der Waals surface area contributed by atoms with Gasteiger partial charge in [0.15, 0.2) is 0 Å². The van der Waals surface area contributed by atoms with Crippen molar-refractivity contribution in [3.63, 3.8) is 0 Å². The van der Waals surface area contributed by atoms with Crippen molar-refractivity contribution >= 4 is 0 Å². The Hall–Kier alpha value is -0.160. The van der Waals surface area contributed by atoms with Gasteiger partial charge in [0, 0.05) is 26.2 Å². The van der Waals surface area contributed by atoms with Gasteiger partial charge >= 0.3 is 0 Å². The summed E-state index contributed by atoms with van der Waals surface area (Å²) in [4.78, 5) is 2.34. The first-order chi connectivity index (χ1) is 8.76. The lowest BCUT2D eigenvalue weighted by Crippen LogP contribution is -2.45. The van der Waals surface area contributed by atoms with E-state index in [0.29, 0.717) is 12.6 Å². The molecule has 108 valence electrons. The number of hydrogen-bond acceptors (Lipinski definition) is 4. The van der Waals surface area contributed by atoms with E-state index in [2.05, 4.69) is 24.1 Å². The van der Waals surface area contributed by atoms with Crippen LogP contribution in [0.2, 0.25) is 0 Å². The highest BCUT2D eigenvalue weighted by molar-refractivity contribution is 4.76. The van der Waals surface area contributed by atoms with Crippen molar-refractivity contribution in [2.75, 3.05) is 39.3 Å². The summed E-state index contributed by atoms with van der Waals surface area (Å²) in [6, 6.07) is 0. The van der Waals surface area contributed by atoms with Crippen LogP contribution in [0.25, 0.3) is 0 Å². The Morgan fingerprint density at radius 2 is 2.22 bits per heavy atom. The first-order valence-electron chi connectivity index (χ1n) is 7.49. The first kappa shape index (κ1) is 15.9. The molecule has 0 amide bonds. The third kappa shape index (κ3) is 6.69. The zero-order valence-electron chi connectivity index (χ0n) is 12.0. The molecule has 0 bridgehead atoms. The Morgan fingerprint density at radius 3 is 2.94 bits per heavy atom. The molecule has 1 aliphatic heterocycles. The fraction of sp³-hybridized carbons (Fsp3) is 1.00. The Kier molecular flexibility index (Phi) is 8.59. The molecule has 1 aliphatic rings. The van der Waals surface area contributed by atoms with Gasteiger partial charge in [0.2, 0.25) is 0 Å². The highest BCUT2D eigenvalue weighted by atomic mass is 16.5. The molecule has 1 rings (SSSR count). The number of piperidine rings is 1. The van der Waals surface area contributed by atoms with Crippen LogP contribution >= 0.6 is 0 Å². The number of nitrogens with zero attached hydrogens (tertiary/aromatic N) is 1. The number of aliphatic hydroxyl groups excluding tert-OH is 1. The average Bonchev–Trinajstić information content (AvgIpc) is 2.37. The van der Waals surface area contributed by atoms with Crippen LogP contribution in [0.15, 0.2) is 0 Å². The molecular formula is C14H30N2O2. The fourth-order valence-electron chi connectivity index (χ4n) is 2.41. The van der Waals surface area contributed by atoms with E-state index in [1.54, 1.807) is 0 Å². The molecular weight excluding hydrogens is 228 g/mol. The summed E-state index contributed by atoms with van der Waals surface area (Å²) in [5, 5.41) is 13.2. The average molecular weight is 258 g/mol. The topological polar surface area (TPSA) is 44.7 Å². The van der Waals surface area contributed by atoms with Gasteiger partial charge in [-0.25, -0.2) is 0 Å². The van der Waals surface area contributed by atoms with Crippen LogP contribution < -0.4 is 5.32 Å². The number of β-amino-alcohol motifs (C(OH)–C–C–N with tert-alkyl or cyclic N) is 1. The third-order valence-electron chi connectivity index (χ3n) is 3.30. The Balaban J connectivity index is 2.16. The van der Waals surface area contributed by atoms with Gasteiger partial charge in [-0.05, 0) is 38.8 Å². The SMILES string of the molecule is CCCNCC(O)CN1CCCC(OCCC)C1. The van der Waals surface area contributed by atoms with Crippen molar-refractivity contribution in [1.29, 1.82) is 0 Å². The molecule has 1 heterocycles. The predicted octanol–water partition coefficient (Wildman–Crippen LogP) is 1.24. The van der Waals surface area contributed by atoms with Crippen molar-refractivity contribution in [1.82, 2.24) is 10.2 Å². The summed E-state index contributed by atoms with van der Waals surface area (Å²) in [6.07, 6.45) is 4.66. The minimum atomic E-state index is -0.263. The number of nitrogens with one attached hydrogen (secondary N) is 1. The Labute approximate surface area is 112 Å². The minimum absolute atomic E-state index is 0.263. The van der Waals surface area contributed by atoms with Gasteiger partial charge in [0.25, 0.3) is 0 Å². The van der Waals surface area contributed by atoms with Crippen LogP contribution in [0, 0.1) is 0 Å². The van der Waals surface area contributed by atoms with Gasteiger partial charge in [0.05, 0.1) is 12.2 Å². The van der Waals surface area contributed by atoms with Crippen LogP contribution in [0.4, 0.5) is 0 Å². The molecule has 18 heavy (non-hydrogen) atoms. The van der Waals surface area contributed by atoms with E-state index < -0.39 is 0 Å². The van der Waals surface area contributed by atoms with Gasteiger partial charge in [-0.15, -0.1) is 0 Å². The zero-order chi connectivity index (χ0) is 13.2. The van der Waals surface area contributed by atoms with Crippen LogP contribution in [-0.2, 0) is 4.74 Å². The van der Waals surface area contributed by atoms with Crippen molar-refractivity contribution in [3.05, 3.63) is 0 Å². The van der Waals surface area contributed by atoms with Crippen LogP contribution in [0.1, 0.15) is 39.5 Å². The Bertz CT molecular complexity index is 202. The maximum Gasteiger partial charge on any atom is 0.0791 e. The predicted molar refractivity (Wildman–Crippen MR) is 74.9 cm³/mol. The number of ether oxygens (including phenoxy) is 1. The molecule has 4 nitrogen and oxygen atoms in total. The van der Waals surface area contributed by atoms with E-state index in [-0.39, 0.29) is 6.10 Å². The number of rotatable bonds is 9. The number of aliphatic hydroxyl groups is 1. The highest BCUT2D eigenvalue weighted by Crippen LogP contribution is 2.13. The van der Waals surface area contributed by atoms with E-state index in [1.165, 1.54) is 12.8 Å². The summed E-state index contributed by atoms with van der Waals surface area (Å²) in [6.45, 7) is 9.66. The largest absolute Gasteiger partial charge is 0.390 e. The summed E-state index contributed by atoms with van der Waals surface area (Å²) < 4.78 is 5.80. The molecule has 0 aromatic rings. The molecule has 0 radical (unpaired) electrons. The van der Waals surface area contributed by atoms with E-state index in [4.69, 9.17) is 4.74 Å². The van der Waals surface area contributed by atoms with E-state index in [0.717, 1.165) is 45.6 Å². The van der Waals surface area contributed by atoms with E-state index >= 15 is 0 Å². The Morgan fingerprint density at radius 1 is 1.39 bits per heavy atom. The smallest absolute Gasteiger partial charge is 0.0791 e. The molecule has 0 saturated carbocycles. The lowest BCUT2D eigenvalue weighted by Gasteiger charge is -2.33. The summed E-state index contributed by atoms with van der Waals surface area (Å²) in [5.74, 6) is 0. The third-order valence-corrected chi connectivity index (χ3v) is 3.30. The lowest BCUT2D eigenvalue weighted by molar-refractivity contribution is -0.0114. The monoisotopic (exact) mass is 258 g/mol. The second-order valence-corrected chi connectivity index (χ2v) is 5.25. The van der Waals surface area contributed by atoms with Crippen molar-refractivity contribution < 1.29 is 9.84 Å². The van der Waals surface area contributed by atoms with Crippen molar-refractivity contribution in [3.8, 4) is 0 Å². The van der Waals surface area contributed by atoms with Crippen LogP contribution in [-0.4, -0.2) is 61.5 Å². The minimum Gasteiger partial charge on any atom is -0.390 e. The molecule has 4 heteroatoms. The molecule has 0 spiro atoms. The summed E-state index contributed by atoms with van der Waals surface area (Å²) in [5.41, 5.74) is 0. The molecule has 2 unspecified atom stereocenters. The normalized spacial score (nSPS) is 23.2. The highest BCUT2D eigenvalue weighted by Gasteiger charge is 2.21. The molecule has 2 atom stereocenters. The molecule has 0 aromatic heterocycles. The standard InChI is InChI=1S/C14H30N2O2/c1-3-7-15-10-13(17)11-16-8-5-6-14(12-16)18-9-4-2/h13-15,17H,3-12H2,1-2H3. The molecule has 1 saturated heterocycles. The van der Waals surface area contributed by atoms with Gasteiger partial charge in [-0.3, -0.25) is 4.90 Å². The molecule has 2 N–H and O–H groups in total.